The van der Waals surface area contributed by atoms with Crippen molar-refractivity contribution in [3.63, 3.8) is 0 Å². The molecular weight excluding hydrogens is 290 g/mol. The number of nitrogens with one attached hydrogen (secondary N) is 1. The lowest BCUT2D eigenvalue weighted by Crippen LogP contribution is -2.34. The average molecular weight is 313 g/mol. The molecule has 1 aliphatic rings. The average Bonchev–Trinajstić information content (AvgIpc) is 3.19. The molecule has 122 valence electrons. The number of hydrogen-bond donors (Lipinski definition) is 1. The van der Waals surface area contributed by atoms with Gasteiger partial charge in [-0.15, -0.1) is 0 Å². The molecule has 23 heavy (non-hydrogen) atoms. The largest absolute Gasteiger partial charge is 0.359 e. The lowest BCUT2D eigenvalue weighted by Gasteiger charge is -2.23. The highest BCUT2D eigenvalue weighted by Crippen LogP contribution is 2.33. The number of aromatic nitrogens is 1. The van der Waals surface area contributed by atoms with Gasteiger partial charge in [0.15, 0.2) is 5.76 Å². The fraction of sp³-hybridized carbons (Fsp3) is 0.444. The molecule has 1 aliphatic heterocycles. The summed E-state index contributed by atoms with van der Waals surface area (Å²) in [6.07, 6.45) is 2.73. The lowest BCUT2D eigenvalue weighted by atomic mass is 10.1. The Morgan fingerprint density at radius 2 is 2.26 bits per heavy atom. The minimum absolute atomic E-state index is 0.0204. The summed E-state index contributed by atoms with van der Waals surface area (Å²) in [6, 6.07) is 7.82. The topological polar surface area (TPSA) is 58.4 Å². The van der Waals surface area contributed by atoms with Crippen LogP contribution in [0.1, 0.15) is 48.4 Å². The zero-order chi connectivity index (χ0) is 16.4. The van der Waals surface area contributed by atoms with Crippen LogP contribution in [0, 0.1) is 13.8 Å². The van der Waals surface area contributed by atoms with Crippen molar-refractivity contribution in [2.45, 2.75) is 46.1 Å². The molecule has 2 aromatic rings. The normalized spacial score (nSPS) is 17.5. The molecule has 2 amide bonds. The van der Waals surface area contributed by atoms with Gasteiger partial charge in [0.1, 0.15) is 0 Å². The third-order valence-corrected chi connectivity index (χ3v) is 4.63. The number of urea groups is 1. The summed E-state index contributed by atoms with van der Waals surface area (Å²) >= 11 is 0. The van der Waals surface area contributed by atoms with Crippen molar-refractivity contribution in [1.82, 2.24) is 10.1 Å². The van der Waals surface area contributed by atoms with Gasteiger partial charge >= 0.3 is 6.03 Å². The summed E-state index contributed by atoms with van der Waals surface area (Å²) in [5.74, 6) is 0.787. The third kappa shape index (κ3) is 3.09. The second-order valence-corrected chi connectivity index (χ2v) is 6.10. The van der Waals surface area contributed by atoms with Gasteiger partial charge in [-0.2, -0.15) is 0 Å². The van der Waals surface area contributed by atoms with Crippen molar-refractivity contribution in [1.29, 1.82) is 0 Å². The zero-order valence-corrected chi connectivity index (χ0v) is 13.9. The molecule has 1 fully saturated rings. The van der Waals surface area contributed by atoms with E-state index in [1.165, 1.54) is 5.56 Å². The van der Waals surface area contributed by atoms with Gasteiger partial charge in [0.2, 0.25) is 0 Å². The van der Waals surface area contributed by atoms with Gasteiger partial charge in [0, 0.05) is 18.3 Å². The van der Waals surface area contributed by atoms with Gasteiger partial charge in [-0.05, 0) is 50.3 Å². The first-order valence-electron chi connectivity index (χ1n) is 8.19. The van der Waals surface area contributed by atoms with Crippen LogP contribution in [0.4, 0.5) is 10.5 Å². The van der Waals surface area contributed by atoms with E-state index in [1.54, 1.807) is 0 Å². The Morgan fingerprint density at radius 3 is 3.00 bits per heavy atom. The smallest absolute Gasteiger partial charge is 0.322 e. The second kappa shape index (κ2) is 6.44. The zero-order valence-electron chi connectivity index (χ0n) is 13.9. The molecule has 0 radical (unpaired) electrons. The summed E-state index contributed by atoms with van der Waals surface area (Å²) in [5.41, 5.74) is 4.07. The first-order chi connectivity index (χ1) is 11.1. The van der Waals surface area contributed by atoms with E-state index >= 15 is 0 Å². The number of hydrogen-bond acceptors (Lipinski definition) is 3. The summed E-state index contributed by atoms with van der Waals surface area (Å²) in [7, 11) is 0. The van der Waals surface area contributed by atoms with Crippen molar-refractivity contribution >= 4 is 11.7 Å². The van der Waals surface area contributed by atoms with E-state index in [9.17, 15) is 4.79 Å². The molecule has 1 N–H and O–H groups in total. The number of aryl methyl sites for hydroxylation is 2. The Bertz CT molecular complexity index is 708. The molecule has 0 spiro atoms. The van der Waals surface area contributed by atoms with Crippen molar-refractivity contribution in [2.24, 2.45) is 0 Å². The number of nitrogens with zero attached hydrogens (tertiary/aromatic N) is 2. The van der Waals surface area contributed by atoms with Gasteiger partial charge in [0.05, 0.1) is 11.7 Å². The Balaban J connectivity index is 1.76. The van der Waals surface area contributed by atoms with Gasteiger partial charge < -0.3 is 14.7 Å². The maximum absolute atomic E-state index is 12.7. The van der Waals surface area contributed by atoms with Crippen molar-refractivity contribution in [3.05, 3.63) is 46.8 Å². The number of amides is 2. The van der Waals surface area contributed by atoms with Crippen molar-refractivity contribution < 1.29 is 9.32 Å². The van der Waals surface area contributed by atoms with Crippen LogP contribution in [-0.2, 0) is 6.42 Å². The maximum Gasteiger partial charge on any atom is 0.322 e. The lowest BCUT2D eigenvalue weighted by molar-refractivity contribution is 0.195. The number of rotatable bonds is 3. The van der Waals surface area contributed by atoms with Crippen molar-refractivity contribution in [2.75, 3.05) is 11.9 Å². The molecule has 1 aromatic carbocycles. The molecule has 5 heteroatoms. The van der Waals surface area contributed by atoms with E-state index in [0.717, 1.165) is 48.5 Å². The molecule has 2 heterocycles. The predicted molar refractivity (Wildman–Crippen MR) is 89.5 cm³/mol. The van der Waals surface area contributed by atoms with E-state index in [4.69, 9.17) is 4.52 Å². The van der Waals surface area contributed by atoms with Crippen LogP contribution >= 0.6 is 0 Å². The Hall–Kier alpha value is -2.30. The van der Waals surface area contributed by atoms with E-state index in [0.29, 0.717) is 0 Å². The minimum Gasteiger partial charge on any atom is -0.359 e. The molecule has 0 bridgehead atoms. The number of anilines is 1. The van der Waals surface area contributed by atoms with E-state index in [1.807, 2.05) is 49.9 Å². The first-order valence-corrected chi connectivity index (χ1v) is 8.19. The monoisotopic (exact) mass is 313 g/mol. The van der Waals surface area contributed by atoms with E-state index in [2.05, 4.69) is 10.5 Å². The standard InChI is InChI=1S/C18H23N3O2/c1-4-14-11-17(23-20-14)16-9-6-10-21(16)18(22)19-15-8-5-7-12(2)13(15)3/h5,7-8,11,16H,4,6,9-10H2,1-3H3,(H,19,22)/t16-/m0/s1. The predicted octanol–water partition coefficient (Wildman–Crippen LogP) is 4.22. The molecule has 3 rings (SSSR count). The Morgan fingerprint density at radius 1 is 1.43 bits per heavy atom. The summed E-state index contributed by atoms with van der Waals surface area (Å²) < 4.78 is 5.44. The summed E-state index contributed by atoms with van der Waals surface area (Å²) in [5, 5.41) is 7.09. The van der Waals surface area contributed by atoms with E-state index in [-0.39, 0.29) is 12.1 Å². The molecular formula is C18H23N3O2. The van der Waals surface area contributed by atoms with Crippen LogP contribution in [0.2, 0.25) is 0 Å². The first kappa shape index (κ1) is 15.6. The number of benzene rings is 1. The molecule has 5 nitrogen and oxygen atoms in total. The number of likely N-dealkylation sites (tertiary alicyclic amines) is 1. The van der Waals surface area contributed by atoms with Crippen LogP contribution in [0.5, 0.6) is 0 Å². The Labute approximate surface area is 136 Å². The minimum atomic E-state index is -0.0735. The molecule has 0 aliphatic carbocycles. The molecule has 1 atom stereocenters. The quantitative estimate of drug-likeness (QED) is 0.923. The van der Waals surface area contributed by atoms with Crippen LogP contribution in [0.3, 0.4) is 0 Å². The highest BCUT2D eigenvalue weighted by molar-refractivity contribution is 5.90. The highest BCUT2D eigenvalue weighted by atomic mass is 16.5. The van der Waals surface area contributed by atoms with Crippen LogP contribution < -0.4 is 5.32 Å². The molecule has 0 unspecified atom stereocenters. The van der Waals surface area contributed by atoms with E-state index < -0.39 is 0 Å². The Kier molecular flexibility index (Phi) is 4.37. The summed E-state index contributed by atoms with van der Waals surface area (Å²) in [6.45, 7) is 6.85. The number of carbonyl (C=O) groups is 1. The third-order valence-electron chi connectivity index (χ3n) is 4.63. The van der Waals surface area contributed by atoms with Crippen LogP contribution in [0.25, 0.3) is 0 Å². The second-order valence-electron chi connectivity index (χ2n) is 6.10. The highest BCUT2D eigenvalue weighted by Gasteiger charge is 2.33. The SMILES string of the molecule is CCc1cc([C@@H]2CCCN2C(=O)Nc2cccc(C)c2C)on1. The fourth-order valence-electron chi connectivity index (χ4n) is 3.03. The molecule has 1 aromatic heterocycles. The van der Waals surface area contributed by atoms with Gasteiger partial charge in [0.25, 0.3) is 0 Å². The number of carbonyl (C=O) groups excluding carboxylic acids is 1. The summed E-state index contributed by atoms with van der Waals surface area (Å²) in [4.78, 5) is 14.5. The van der Waals surface area contributed by atoms with Crippen LogP contribution in [-0.4, -0.2) is 22.6 Å². The van der Waals surface area contributed by atoms with Gasteiger partial charge in [-0.3, -0.25) is 0 Å². The maximum atomic E-state index is 12.7. The van der Waals surface area contributed by atoms with Gasteiger partial charge in [-0.1, -0.05) is 24.2 Å². The van der Waals surface area contributed by atoms with Gasteiger partial charge in [-0.25, -0.2) is 4.79 Å². The molecule has 0 saturated carbocycles. The van der Waals surface area contributed by atoms with Crippen molar-refractivity contribution in [3.8, 4) is 0 Å². The fourth-order valence-corrected chi connectivity index (χ4v) is 3.03. The van der Waals surface area contributed by atoms with Crippen LogP contribution in [0.15, 0.2) is 28.8 Å². The molecule has 1 saturated heterocycles.